The first-order valence-corrected chi connectivity index (χ1v) is 11.8. The van der Waals surface area contributed by atoms with Crippen LogP contribution in [-0.2, 0) is 15.8 Å². The summed E-state index contributed by atoms with van der Waals surface area (Å²) < 4.78 is 60.8. The third kappa shape index (κ3) is 4.55. The van der Waals surface area contributed by atoms with Crippen molar-refractivity contribution in [2.24, 2.45) is 5.14 Å². The number of rotatable bonds is 5. The summed E-state index contributed by atoms with van der Waals surface area (Å²) in [4.78, 5) is 0. The number of ether oxygens (including phenoxy) is 2. The van der Waals surface area contributed by atoms with E-state index in [1.165, 1.54) is 6.07 Å². The van der Waals surface area contributed by atoms with Gasteiger partial charge in [0.25, 0.3) is 0 Å². The molecule has 1 atom stereocenters. The molecule has 0 saturated carbocycles. The van der Waals surface area contributed by atoms with Crippen molar-refractivity contribution < 1.29 is 26.7 Å². The Morgan fingerprint density at radius 3 is 2.58 bits per heavy atom. The summed E-state index contributed by atoms with van der Waals surface area (Å²) in [5, 5.41) is 5.72. The van der Waals surface area contributed by atoms with Gasteiger partial charge < -0.3 is 9.47 Å². The molecule has 5 nitrogen and oxygen atoms in total. The van der Waals surface area contributed by atoms with E-state index in [0.29, 0.717) is 43.1 Å². The highest BCUT2D eigenvalue weighted by molar-refractivity contribution is 9.10. The van der Waals surface area contributed by atoms with Crippen LogP contribution in [0.4, 0.5) is 8.78 Å². The molecule has 0 radical (unpaired) electrons. The second kappa shape index (κ2) is 8.38. The average Bonchev–Trinajstić information content (AvgIpc) is 2.68. The Morgan fingerprint density at radius 2 is 1.90 bits per heavy atom. The molecule has 0 spiro atoms. The van der Waals surface area contributed by atoms with Gasteiger partial charge in [-0.1, -0.05) is 57.9 Å². The molecule has 1 unspecified atom stereocenters. The molecule has 31 heavy (non-hydrogen) atoms. The van der Waals surface area contributed by atoms with Crippen molar-refractivity contribution >= 4 is 37.6 Å². The highest BCUT2D eigenvalue weighted by Gasteiger charge is 2.33. The van der Waals surface area contributed by atoms with Crippen LogP contribution in [0.2, 0.25) is 5.02 Å². The number of fused-ring (bicyclic) bond motifs is 3. The summed E-state index contributed by atoms with van der Waals surface area (Å²) in [6.07, 6.45) is -0.683. The van der Waals surface area contributed by atoms with Crippen LogP contribution in [0.25, 0.3) is 11.1 Å². The van der Waals surface area contributed by atoms with Crippen LogP contribution >= 0.6 is 27.5 Å². The summed E-state index contributed by atoms with van der Waals surface area (Å²) in [6.45, 7) is -3.02. The normalized spacial score (nSPS) is 15.2. The maximum Gasteiger partial charge on any atom is 0.387 e. The maximum atomic E-state index is 13.0. The van der Waals surface area contributed by atoms with Gasteiger partial charge in [0.1, 0.15) is 11.5 Å². The van der Waals surface area contributed by atoms with Crippen molar-refractivity contribution in [2.75, 3.05) is 0 Å². The Labute approximate surface area is 190 Å². The zero-order valence-electron chi connectivity index (χ0n) is 15.7. The third-order valence-electron chi connectivity index (χ3n) is 4.75. The van der Waals surface area contributed by atoms with Crippen molar-refractivity contribution in [3.63, 3.8) is 0 Å². The Kier molecular flexibility index (Phi) is 5.95. The van der Waals surface area contributed by atoms with Gasteiger partial charge in [-0.2, -0.15) is 8.78 Å². The number of primary sulfonamides is 1. The van der Waals surface area contributed by atoms with Gasteiger partial charge in [0, 0.05) is 15.1 Å². The molecule has 1 aliphatic heterocycles. The van der Waals surface area contributed by atoms with E-state index in [1.54, 1.807) is 42.5 Å². The molecule has 0 bridgehead atoms. The molecular weight excluding hydrogens is 516 g/mol. The smallest absolute Gasteiger partial charge is 0.387 e. The number of alkyl halides is 2. The lowest BCUT2D eigenvalue weighted by Gasteiger charge is -2.32. The number of sulfonamides is 1. The fourth-order valence-electron chi connectivity index (χ4n) is 3.60. The first-order chi connectivity index (χ1) is 14.6. The Bertz CT molecular complexity index is 1270. The van der Waals surface area contributed by atoms with Crippen molar-refractivity contribution in [3.8, 4) is 22.6 Å². The van der Waals surface area contributed by atoms with Crippen molar-refractivity contribution in [1.82, 2.24) is 0 Å². The van der Waals surface area contributed by atoms with E-state index in [4.69, 9.17) is 26.2 Å². The summed E-state index contributed by atoms with van der Waals surface area (Å²) in [5.41, 5.74) is 2.58. The topological polar surface area (TPSA) is 78.6 Å². The Morgan fingerprint density at radius 1 is 1.16 bits per heavy atom. The molecular formula is C21H15BrClF2NO4S. The van der Waals surface area contributed by atoms with Gasteiger partial charge in [-0.25, -0.2) is 13.6 Å². The highest BCUT2D eigenvalue weighted by atomic mass is 79.9. The van der Waals surface area contributed by atoms with Crippen molar-refractivity contribution in [3.05, 3.63) is 80.8 Å². The second-order valence-corrected chi connectivity index (χ2v) is 9.71. The van der Waals surface area contributed by atoms with E-state index >= 15 is 0 Å². The fourth-order valence-corrected chi connectivity index (χ4v) is 5.35. The molecule has 0 saturated heterocycles. The summed E-state index contributed by atoms with van der Waals surface area (Å²) in [6, 6.07) is 14.9. The molecule has 10 heteroatoms. The summed E-state index contributed by atoms with van der Waals surface area (Å²) in [7, 11) is -3.82. The van der Waals surface area contributed by atoms with Crippen molar-refractivity contribution in [1.29, 1.82) is 0 Å². The summed E-state index contributed by atoms with van der Waals surface area (Å²) in [5.74, 6) is -0.114. The Balaban J connectivity index is 1.98. The first-order valence-electron chi connectivity index (χ1n) is 8.96. The van der Waals surface area contributed by atoms with Gasteiger partial charge in [0.2, 0.25) is 10.0 Å². The summed E-state index contributed by atoms with van der Waals surface area (Å²) >= 11 is 9.65. The number of nitrogens with two attached hydrogens (primary N) is 1. The van der Waals surface area contributed by atoms with Gasteiger partial charge in [-0.3, -0.25) is 0 Å². The number of hydrogen-bond donors (Lipinski definition) is 1. The molecule has 1 aliphatic rings. The SMILES string of the molecule is NS(=O)(=O)Cc1ccc2c(c1Br)C(c1cccc(Cl)c1)Oc1cccc(OC(F)F)c1-2. The van der Waals surface area contributed by atoms with Crippen LogP contribution in [0.5, 0.6) is 11.5 Å². The second-order valence-electron chi connectivity index (χ2n) is 6.87. The van der Waals surface area contributed by atoms with Gasteiger partial charge in [-0.05, 0) is 41.0 Å². The van der Waals surface area contributed by atoms with Crippen LogP contribution in [-0.4, -0.2) is 15.0 Å². The number of halogens is 4. The first kappa shape index (κ1) is 22.0. The molecule has 0 fully saturated rings. The Hall–Kier alpha value is -2.20. The molecule has 3 aromatic rings. The van der Waals surface area contributed by atoms with Crippen LogP contribution in [0, 0.1) is 0 Å². The lowest BCUT2D eigenvalue weighted by atomic mass is 9.88. The minimum absolute atomic E-state index is 0.0515. The fraction of sp³-hybridized carbons (Fsp3) is 0.143. The highest BCUT2D eigenvalue weighted by Crippen LogP contribution is 2.52. The molecule has 4 rings (SSSR count). The van der Waals surface area contributed by atoms with E-state index in [1.807, 2.05) is 6.07 Å². The molecule has 162 valence electrons. The predicted octanol–water partition coefficient (Wildman–Crippen LogP) is 5.64. The minimum atomic E-state index is -3.82. The number of benzene rings is 3. The maximum absolute atomic E-state index is 13.0. The average molecular weight is 531 g/mol. The predicted molar refractivity (Wildman–Crippen MR) is 117 cm³/mol. The quantitative estimate of drug-likeness (QED) is 0.463. The van der Waals surface area contributed by atoms with Crippen LogP contribution in [0.3, 0.4) is 0 Å². The van der Waals surface area contributed by atoms with Crippen LogP contribution in [0.15, 0.2) is 59.1 Å². The zero-order valence-corrected chi connectivity index (χ0v) is 18.8. The van der Waals surface area contributed by atoms with E-state index in [2.05, 4.69) is 15.9 Å². The van der Waals surface area contributed by atoms with E-state index in [9.17, 15) is 17.2 Å². The molecule has 1 heterocycles. The van der Waals surface area contributed by atoms with Crippen LogP contribution in [0.1, 0.15) is 22.8 Å². The zero-order chi connectivity index (χ0) is 22.3. The van der Waals surface area contributed by atoms with E-state index in [0.717, 1.165) is 0 Å². The van der Waals surface area contributed by atoms with Gasteiger partial charge in [0.15, 0.2) is 6.10 Å². The van der Waals surface area contributed by atoms with Gasteiger partial charge >= 0.3 is 6.61 Å². The lowest BCUT2D eigenvalue weighted by molar-refractivity contribution is -0.0496. The molecule has 2 N–H and O–H groups in total. The number of hydrogen-bond acceptors (Lipinski definition) is 4. The van der Waals surface area contributed by atoms with Crippen molar-refractivity contribution in [2.45, 2.75) is 18.5 Å². The molecule has 3 aromatic carbocycles. The third-order valence-corrected chi connectivity index (χ3v) is 6.63. The van der Waals surface area contributed by atoms with Gasteiger partial charge in [-0.15, -0.1) is 0 Å². The van der Waals surface area contributed by atoms with Gasteiger partial charge in [0.05, 0.1) is 11.3 Å². The largest absolute Gasteiger partial charge is 0.480 e. The standard InChI is InChI=1S/C21H15BrClF2NO4S/c22-19-12(10-31(26,27)28)7-8-14-17-15(5-2-6-16(17)30-21(24)25)29-20(18(14)19)11-3-1-4-13(23)9-11/h1-9,20-21H,10H2,(H2,26,27,28). The molecule has 0 aliphatic carbocycles. The molecule has 0 aromatic heterocycles. The monoisotopic (exact) mass is 529 g/mol. The van der Waals surface area contributed by atoms with E-state index in [-0.39, 0.29) is 5.75 Å². The lowest BCUT2D eigenvalue weighted by Crippen LogP contribution is -2.19. The van der Waals surface area contributed by atoms with E-state index < -0.39 is 28.5 Å². The van der Waals surface area contributed by atoms with Crippen LogP contribution < -0.4 is 14.6 Å². The molecule has 0 amide bonds. The minimum Gasteiger partial charge on any atom is -0.480 e.